The molecule has 1 saturated heterocycles. The largest absolute Gasteiger partial charge is 0.396 e. The van der Waals surface area contributed by atoms with E-state index in [9.17, 15) is 14.0 Å². The maximum Gasteiger partial charge on any atom is 0.253 e. The molecule has 108 valence electrons. The summed E-state index contributed by atoms with van der Waals surface area (Å²) in [5.41, 5.74) is 5.81. The summed E-state index contributed by atoms with van der Waals surface area (Å²) in [6.07, 6.45) is 1.28. The normalized spacial score (nSPS) is 16.0. The lowest BCUT2D eigenvalue weighted by molar-refractivity contribution is -0.125. The van der Waals surface area contributed by atoms with Crippen LogP contribution in [0.2, 0.25) is 0 Å². The fourth-order valence-electron chi connectivity index (χ4n) is 2.41. The molecule has 20 heavy (non-hydrogen) atoms. The Hall–Kier alpha value is -2.11. The number of likely N-dealkylation sites (tertiary alicyclic amines) is 1. The number of nitrogens with two attached hydrogens (primary N) is 1. The summed E-state index contributed by atoms with van der Waals surface area (Å²) in [6.45, 7) is 1.04. The van der Waals surface area contributed by atoms with Gasteiger partial charge < -0.3 is 16.0 Å². The molecule has 0 saturated carbocycles. The van der Waals surface area contributed by atoms with Crippen molar-refractivity contribution in [3.05, 3.63) is 29.6 Å². The number of nitrogens with zero attached hydrogens (tertiary/aromatic N) is 1. The number of nitrogens with one attached hydrogen (secondary N) is 1. The minimum Gasteiger partial charge on any atom is -0.396 e. The van der Waals surface area contributed by atoms with E-state index in [0.717, 1.165) is 0 Å². The van der Waals surface area contributed by atoms with E-state index in [0.29, 0.717) is 31.5 Å². The number of amides is 2. The molecule has 0 unspecified atom stereocenters. The highest BCUT2D eigenvalue weighted by molar-refractivity contribution is 5.95. The van der Waals surface area contributed by atoms with Crippen molar-refractivity contribution < 1.29 is 14.0 Å². The highest BCUT2D eigenvalue weighted by atomic mass is 19.1. The predicted molar refractivity (Wildman–Crippen MR) is 73.5 cm³/mol. The SMILES string of the molecule is CNC(=O)C1CCN(C(=O)c2ccc(F)c(N)c2)CC1. The summed E-state index contributed by atoms with van der Waals surface area (Å²) in [7, 11) is 1.61. The minimum absolute atomic E-state index is 0.0168. The summed E-state index contributed by atoms with van der Waals surface area (Å²) < 4.78 is 13.1. The van der Waals surface area contributed by atoms with Crippen LogP contribution in [0, 0.1) is 11.7 Å². The fraction of sp³-hybridized carbons (Fsp3) is 0.429. The van der Waals surface area contributed by atoms with Crippen LogP contribution in [0.4, 0.5) is 10.1 Å². The minimum atomic E-state index is -0.528. The molecule has 1 aliphatic rings. The summed E-state index contributed by atoms with van der Waals surface area (Å²) in [6, 6.07) is 3.97. The second kappa shape index (κ2) is 5.90. The predicted octanol–water partition coefficient (Wildman–Crippen LogP) is 1.01. The van der Waals surface area contributed by atoms with Gasteiger partial charge in [0.15, 0.2) is 0 Å². The summed E-state index contributed by atoms with van der Waals surface area (Å²) in [5.74, 6) is -0.725. The number of nitrogen functional groups attached to an aromatic ring is 1. The third-order valence-corrected chi connectivity index (χ3v) is 3.64. The topological polar surface area (TPSA) is 75.4 Å². The van der Waals surface area contributed by atoms with E-state index in [1.807, 2.05) is 0 Å². The van der Waals surface area contributed by atoms with Crippen LogP contribution in [0.3, 0.4) is 0 Å². The van der Waals surface area contributed by atoms with Gasteiger partial charge in [-0.05, 0) is 31.0 Å². The average molecular weight is 279 g/mol. The number of carbonyl (C=O) groups excluding carboxylic acids is 2. The third kappa shape index (κ3) is 2.89. The summed E-state index contributed by atoms with van der Waals surface area (Å²) in [4.78, 5) is 25.5. The van der Waals surface area contributed by atoms with Gasteiger partial charge in [0.25, 0.3) is 5.91 Å². The van der Waals surface area contributed by atoms with Crippen molar-refractivity contribution in [2.75, 3.05) is 25.9 Å². The smallest absolute Gasteiger partial charge is 0.253 e. The molecule has 1 aliphatic heterocycles. The van der Waals surface area contributed by atoms with Crippen molar-refractivity contribution in [1.82, 2.24) is 10.2 Å². The van der Waals surface area contributed by atoms with Gasteiger partial charge in [-0.25, -0.2) is 4.39 Å². The van der Waals surface area contributed by atoms with E-state index in [4.69, 9.17) is 5.73 Å². The van der Waals surface area contributed by atoms with Crippen molar-refractivity contribution in [1.29, 1.82) is 0 Å². The number of rotatable bonds is 2. The lowest BCUT2D eigenvalue weighted by Gasteiger charge is -2.31. The van der Waals surface area contributed by atoms with E-state index in [1.165, 1.54) is 18.2 Å². The number of benzene rings is 1. The number of hydrogen-bond acceptors (Lipinski definition) is 3. The molecule has 1 aromatic carbocycles. The van der Waals surface area contributed by atoms with Gasteiger partial charge in [0.05, 0.1) is 5.69 Å². The molecule has 0 aliphatic carbocycles. The first-order valence-corrected chi connectivity index (χ1v) is 6.59. The molecule has 1 aromatic rings. The molecule has 2 rings (SSSR count). The van der Waals surface area contributed by atoms with Crippen LogP contribution in [0.1, 0.15) is 23.2 Å². The molecule has 6 heteroatoms. The van der Waals surface area contributed by atoms with E-state index in [2.05, 4.69) is 5.32 Å². The van der Waals surface area contributed by atoms with Crippen LogP contribution in [0.5, 0.6) is 0 Å². The maximum absolute atomic E-state index is 13.1. The molecular weight excluding hydrogens is 261 g/mol. The van der Waals surface area contributed by atoms with Gasteiger partial charge in [0.2, 0.25) is 5.91 Å². The van der Waals surface area contributed by atoms with Crippen molar-refractivity contribution in [3.63, 3.8) is 0 Å². The average Bonchev–Trinajstić information content (AvgIpc) is 2.48. The second-order valence-corrected chi connectivity index (χ2v) is 4.92. The van der Waals surface area contributed by atoms with Crippen molar-refractivity contribution in [3.8, 4) is 0 Å². The van der Waals surface area contributed by atoms with Gasteiger partial charge in [0.1, 0.15) is 5.82 Å². The third-order valence-electron chi connectivity index (χ3n) is 3.64. The van der Waals surface area contributed by atoms with E-state index in [-0.39, 0.29) is 23.4 Å². The van der Waals surface area contributed by atoms with E-state index >= 15 is 0 Å². The Kier molecular flexibility index (Phi) is 4.22. The molecule has 0 aromatic heterocycles. The first kappa shape index (κ1) is 14.3. The summed E-state index contributed by atoms with van der Waals surface area (Å²) >= 11 is 0. The zero-order valence-corrected chi connectivity index (χ0v) is 11.4. The fourth-order valence-corrected chi connectivity index (χ4v) is 2.41. The van der Waals surface area contributed by atoms with Crippen LogP contribution in [0.25, 0.3) is 0 Å². The maximum atomic E-state index is 13.1. The first-order chi connectivity index (χ1) is 9.52. The van der Waals surface area contributed by atoms with Crippen LogP contribution in [-0.2, 0) is 4.79 Å². The molecule has 5 nitrogen and oxygen atoms in total. The molecule has 0 radical (unpaired) electrons. The Bertz CT molecular complexity index is 525. The second-order valence-electron chi connectivity index (χ2n) is 4.92. The van der Waals surface area contributed by atoms with Crippen molar-refractivity contribution in [2.24, 2.45) is 5.92 Å². The molecule has 0 atom stereocenters. The number of piperidine rings is 1. The van der Waals surface area contributed by atoms with Crippen molar-refractivity contribution >= 4 is 17.5 Å². The van der Waals surface area contributed by atoms with Crippen LogP contribution in [0.15, 0.2) is 18.2 Å². The Morgan fingerprint density at radius 3 is 2.55 bits per heavy atom. The number of hydrogen-bond donors (Lipinski definition) is 2. The zero-order valence-electron chi connectivity index (χ0n) is 11.4. The van der Waals surface area contributed by atoms with Gasteiger partial charge in [0, 0.05) is 31.6 Å². The molecule has 0 spiro atoms. The molecule has 0 bridgehead atoms. The lowest BCUT2D eigenvalue weighted by atomic mass is 9.95. The Morgan fingerprint density at radius 2 is 2.00 bits per heavy atom. The number of anilines is 1. The lowest BCUT2D eigenvalue weighted by Crippen LogP contribution is -2.42. The van der Waals surface area contributed by atoms with Gasteiger partial charge in [-0.15, -0.1) is 0 Å². The Balaban J connectivity index is 2.01. The van der Waals surface area contributed by atoms with Crippen molar-refractivity contribution in [2.45, 2.75) is 12.8 Å². The molecule has 2 amide bonds. The first-order valence-electron chi connectivity index (χ1n) is 6.59. The number of carbonyl (C=O) groups is 2. The molecular formula is C14H18FN3O2. The van der Waals surface area contributed by atoms with Gasteiger partial charge in [-0.1, -0.05) is 0 Å². The molecule has 3 N–H and O–H groups in total. The van der Waals surface area contributed by atoms with E-state index in [1.54, 1.807) is 11.9 Å². The summed E-state index contributed by atoms with van der Waals surface area (Å²) in [5, 5.41) is 2.62. The van der Waals surface area contributed by atoms with E-state index < -0.39 is 5.82 Å². The number of halogens is 1. The van der Waals surface area contributed by atoms with Crippen LogP contribution < -0.4 is 11.1 Å². The Morgan fingerprint density at radius 1 is 1.35 bits per heavy atom. The highest BCUT2D eigenvalue weighted by Crippen LogP contribution is 2.20. The Labute approximate surface area is 116 Å². The van der Waals surface area contributed by atoms with Gasteiger partial charge in [-0.3, -0.25) is 9.59 Å². The molecule has 1 heterocycles. The monoisotopic (exact) mass is 279 g/mol. The van der Waals surface area contributed by atoms with Gasteiger partial charge >= 0.3 is 0 Å². The highest BCUT2D eigenvalue weighted by Gasteiger charge is 2.27. The van der Waals surface area contributed by atoms with Crippen LogP contribution >= 0.6 is 0 Å². The molecule has 1 fully saturated rings. The standard InChI is InChI=1S/C14H18FN3O2/c1-17-13(19)9-4-6-18(7-5-9)14(20)10-2-3-11(15)12(16)8-10/h2-3,8-9H,4-7,16H2,1H3,(H,17,19). The van der Waals surface area contributed by atoms with Gasteiger partial charge in [-0.2, -0.15) is 0 Å². The van der Waals surface area contributed by atoms with Crippen LogP contribution in [-0.4, -0.2) is 36.9 Å². The zero-order chi connectivity index (χ0) is 14.7. The quantitative estimate of drug-likeness (QED) is 0.793.